The van der Waals surface area contributed by atoms with Crippen molar-refractivity contribution in [3.05, 3.63) is 54.1 Å². The molecule has 1 aromatic heterocycles. The fraction of sp³-hybridized carbons (Fsp3) is 0.543. The van der Waals surface area contributed by atoms with Crippen LogP contribution >= 0.6 is 0 Å². The van der Waals surface area contributed by atoms with Gasteiger partial charge >= 0.3 is 0 Å². The SMILES string of the molecule is COc1ccc(Nc2nc(NCCOCCOCCNC(=O)c3ccccc3)nc(NCC34CC5CC(CC(C5)C3)C4)n2)cc1OC. The van der Waals surface area contributed by atoms with E-state index in [1.54, 1.807) is 26.4 Å². The van der Waals surface area contributed by atoms with E-state index in [-0.39, 0.29) is 5.91 Å². The molecule has 7 rings (SSSR count). The molecule has 4 saturated carbocycles. The Kier molecular flexibility index (Phi) is 10.9. The van der Waals surface area contributed by atoms with Gasteiger partial charge < -0.3 is 40.2 Å². The van der Waals surface area contributed by atoms with Gasteiger partial charge in [-0.25, -0.2) is 0 Å². The molecular weight excluding hydrogens is 598 g/mol. The minimum atomic E-state index is -0.108. The van der Waals surface area contributed by atoms with Gasteiger partial charge in [0.2, 0.25) is 17.8 Å². The number of rotatable bonds is 18. The van der Waals surface area contributed by atoms with Crippen molar-refractivity contribution in [2.24, 2.45) is 23.2 Å². The average molecular weight is 646 g/mol. The van der Waals surface area contributed by atoms with Crippen molar-refractivity contribution >= 4 is 29.4 Å². The average Bonchev–Trinajstić information content (AvgIpc) is 3.08. The molecule has 0 unspecified atom stereocenters. The second-order valence-corrected chi connectivity index (χ2v) is 13.0. The van der Waals surface area contributed by atoms with E-state index in [0.717, 1.165) is 30.0 Å². The van der Waals surface area contributed by atoms with Gasteiger partial charge in [0.05, 0.1) is 40.6 Å². The summed E-state index contributed by atoms with van der Waals surface area (Å²) in [6.45, 7) is 3.58. The standard InChI is InChI=1S/C35H47N7O5/c1-44-29-9-8-28(19-30(29)45-2)39-34-41-32(37-11-13-47-15-14-46-12-10-36-31(43)27-6-4-3-5-7-27)40-33(42-34)38-23-35-20-24-16-25(21-35)18-26(17-24)22-35/h3-9,19,24-26H,10-18,20-23H2,1-2H3,(H,36,43)(H3,37,38,39,40,41,42). The van der Waals surface area contributed by atoms with Crippen LogP contribution in [-0.4, -0.2) is 81.1 Å². The van der Waals surface area contributed by atoms with Crippen molar-refractivity contribution in [3.63, 3.8) is 0 Å². The molecule has 0 saturated heterocycles. The summed E-state index contributed by atoms with van der Waals surface area (Å²) in [4.78, 5) is 26.2. The Morgan fingerprint density at radius 1 is 0.745 bits per heavy atom. The van der Waals surface area contributed by atoms with Crippen LogP contribution in [0, 0.1) is 23.2 Å². The number of amides is 1. The maximum atomic E-state index is 12.1. The minimum absolute atomic E-state index is 0.108. The van der Waals surface area contributed by atoms with Crippen LogP contribution < -0.4 is 30.7 Å². The van der Waals surface area contributed by atoms with Gasteiger partial charge in [-0.3, -0.25) is 4.79 Å². The second-order valence-electron chi connectivity index (χ2n) is 13.0. The lowest BCUT2D eigenvalue weighted by atomic mass is 9.49. The highest BCUT2D eigenvalue weighted by Gasteiger charge is 2.50. The third-order valence-corrected chi connectivity index (χ3v) is 9.53. The number of hydrogen-bond donors (Lipinski definition) is 4. The number of hydrogen-bond acceptors (Lipinski definition) is 11. The Bertz CT molecular complexity index is 1440. The topological polar surface area (TPSA) is 141 Å². The highest BCUT2D eigenvalue weighted by Crippen LogP contribution is 2.59. The molecule has 1 amide bonds. The molecule has 1 heterocycles. The first-order valence-electron chi connectivity index (χ1n) is 16.7. The van der Waals surface area contributed by atoms with E-state index in [1.807, 2.05) is 36.4 Å². The van der Waals surface area contributed by atoms with Gasteiger partial charge in [0.15, 0.2) is 11.5 Å². The maximum Gasteiger partial charge on any atom is 0.251 e. The summed E-state index contributed by atoms with van der Waals surface area (Å²) in [5.41, 5.74) is 1.75. The number of methoxy groups -OCH3 is 2. The maximum absolute atomic E-state index is 12.1. The van der Waals surface area contributed by atoms with E-state index in [9.17, 15) is 4.79 Å². The number of carbonyl (C=O) groups is 1. The lowest BCUT2D eigenvalue weighted by molar-refractivity contribution is -0.0445. The molecule has 0 spiro atoms. The third kappa shape index (κ3) is 8.81. The highest BCUT2D eigenvalue weighted by molar-refractivity contribution is 5.94. The molecule has 12 nitrogen and oxygen atoms in total. The Morgan fingerprint density at radius 2 is 1.36 bits per heavy atom. The molecule has 3 aromatic rings. The number of benzene rings is 2. The number of aromatic nitrogens is 3. The normalized spacial score (nSPS) is 22.5. The van der Waals surface area contributed by atoms with Gasteiger partial charge in [-0.2, -0.15) is 15.0 Å². The third-order valence-electron chi connectivity index (χ3n) is 9.53. The molecule has 47 heavy (non-hydrogen) atoms. The quantitative estimate of drug-likeness (QED) is 0.137. The van der Waals surface area contributed by atoms with Crippen molar-refractivity contribution in [2.45, 2.75) is 38.5 Å². The lowest BCUT2D eigenvalue weighted by Crippen LogP contribution is -2.49. The Balaban J connectivity index is 0.987. The van der Waals surface area contributed by atoms with Crippen molar-refractivity contribution < 1.29 is 23.7 Å². The summed E-state index contributed by atoms with van der Waals surface area (Å²) < 4.78 is 22.2. The van der Waals surface area contributed by atoms with E-state index in [1.165, 1.54) is 38.5 Å². The first-order valence-corrected chi connectivity index (χ1v) is 16.7. The van der Waals surface area contributed by atoms with E-state index < -0.39 is 0 Å². The molecule has 4 N–H and O–H groups in total. The summed E-state index contributed by atoms with van der Waals surface area (Å²) in [6, 6.07) is 14.7. The molecular formula is C35H47N7O5. The number of carbonyl (C=O) groups excluding carboxylic acids is 1. The van der Waals surface area contributed by atoms with Crippen molar-refractivity contribution in [3.8, 4) is 11.5 Å². The molecule has 4 aliphatic rings. The van der Waals surface area contributed by atoms with Crippen LogP contribution in [0.3, 0.4) is 0 Å². The predicted octanol–water partition coefficient (Wildman–Crippen LogP) is 5.14. The predicted molar refractivity (Wildman–Crippen MR) is 181 cm³/mol. The number of ether oxygens (including phenoxy) is 4. The first-order chi connectivity index (χ1) is 23.0. The minimum Gasteiger partial charge on any atom is -0.493 e. The van der Waals surface area contributed by atoms with Gasteiger partial charge in [-0.15, -0.1) is 0 Å². The monoisotopic (exact) mass is 645 g/mol. The van der Waals surface area contributed by atoms with Crippen LogP contribution in [0.1, 0.15) is 48.9 Å². The summed E-state index contributed by atoms with van der Waals surface area (Å²) in [6.07, 6.45) is 8.17. The van der Waals surface area contributed by atoms with Crippen LogP contribution in [0.25, 0.3) is 0 Å². The smallest absolute Gasteiger partial charge is 0.251 e. The Hall–Kier alpha value is -4.16. The molecule has 252 valence electrons. The Labute approximate surface area is 276 Å². The number of nitrogens with one attached hydrogen (secondary N) is 4. The molecule has 0 radical (unpaired) electrons. The molecule has 4 aliphatic carbocycles. The van der Waals surface area contributed by atoms with E-state index in [2.05, 4.69) is 26.3 Å². The van der Waals surface area contributed by atoms with Gasteiger partial charge in [-0.05, 0) is 86.0 Å². The van der Waals surface area contributed by atoms with E-state index in [4.69, 9.17) is 28.9 Å². The van der Waals surface area contributed by atoms with Gasteiger partial charge in [0.1, 0.15) is 0 Å². The van der Waals surface area contributed by atoms with Crippen LogP contribution in [0.15, 0.2) is 48.5 Å². The zero-order valence-electron chi connectivity index (χ0n) is 27.4. The molecule has 2 aromatic carbocycles. The molecule has 12 heteroatoms. The Morgan fingerprint density at radius 3 is 2.02 bits per heavy atom. The van der Waals surface area contributed by atoms with Crippen LogP contribution in [0.5, 0.6) is 11.5 Å². The van der Waals surface area contributed by atoms with Crippen LogP contribution in [0.2, 0.25) is 0 Å². The zero-order chi connectivity index (χ0) is 32.5. The van der Waals surface area contributed by atoms with Crippen molar-refractivity contribution in [2.75, 3.05) is 76.2 Å². The number of nitrogens with zero attached hydrogens (tertiary/aromatic N) is 3. The lowest BCUT2D eigenvalue weighted by Gasteiger charge is -2.56. The summed E-state index contributed by atoms with van der Waals surface area (Å²) in [7, 11) is 3.22. The molecule has 0 atom stereocenters. The zero-order valence-corrected chi connectivity index (χ0v) is 27.4. The van der Waals surface area contributed by atoms with Crippen LogP contribution in [0.4, 0.5) is 23.5 Å². The molecule has 4 fully saturated rings. The summed E-state index contributed by atoms with van der Waals surface area (Å²) >= 11 is 0. The summed E-state index contributed by atoms with van der Waals surface area (Å²) in [5, 5.41) is 13.0. The van der Waals surface area contributed by atoms with Crippen molar-refractivity contribution in [1.82, 2.24) is 20.3 Å². The van der Waals surface area contributed by atoms with E-state index >= 15 is 0 Å². The van der Waals surface area contributed by atoms with Crippen molar-refractivity contribution in [1.29, 1.82) is 0 Å². The largest absolute Gasteiger partial charge is 0.493 e. The first kappa shape index (κ1) is 32.8. The van der Waals surface area contributed by atoms with Gasteiger partial charge in [0.25, 0.3) is 5.91 Å². The fourth-order valence-electron chi connectivity index (χ4n) is 7.89. The van der Waals surface area contributed by atoms with Crippen LogP contribution in [-0.2, 0) is 9.47 Å². The van der Waals surface area contributed by atoms with Gasteiger partial charge in [-0.1, -0.05) is 18.2 Å². The van der Waals surface area contributed by atoms with E-state index in [0.29, 0.717) is 79.8 Å². The number of anilines is 4. The van der Waals surface area contributed by atoms with Gasteiger partial charge in [0, 0.05) is 37.0 Å². The summed E-state index contributed by atoms with van der Waals surface area (Å²) in [5.74, 6) is 5.24. The fourth-order valence-corrected chi connectivity index (χ4v) is 7.89. The second kappa shape index (κ2) is 15.6. The molecule has 0 aliphatic heterocycles. The molecule has 4 bridgehead atoms. The highest BCUT2D eigenvalue weighted by atomic mass is 16.5.